The molecule has 1 atom stereocenters. The van der Waals surface area contributed by atoms with E-state index in [1.165, 1.54) is 11.3 Å². The zero-order valence-corrected chi connectivity index (χ0v) is 15.2. The van der Waals surface area contributed by atoms with Gasteiger partial charge in [-0.25, -0.2) is 14.6 Å². The minimum Gasteiger partial charge on any atom is -0.479 e. The van der Waals surface area contributed by atoms with E-state index in [4.69, 9.17) is 16.7 Å². The van der Waals surface area contributed by atoms with Crippen molar-refractivity contribution >= 4 is 40.1 Å². The van der Waals surface area contributed by atoms with Crippen molar-refractivity contribution in [1.29, 1.82) is 0 Å². The molecule has 0 bridgehead atoms. The van der Waals surface area contributed by atoms with Crippen LogP contribution in [-0.2, 0) is 11.2 Å². The van der Waals surface area contributed by atoms with E-state index in [1.54, 1.807) is 6.07 Å². The summed E-state index contributed by atoms with van der Waals surface area (Å²) >= 11 is 7.30. The van der Waals surface area contributed by atoms with Gasteiger partial charge in [-0.05, 0) is 31.5 Å². The van der Waals surface area contributed by atoms with E-state index in [9.17, 15) is 14.7 Å². The molecule has 1 aromatic carbocycles. The lowest BCUT2D eigenvalue weighted by atomic mass is 10.1. The molecule has 0 saturated heterocycles. The van der Waals surface area contributed by atoms with Crippen molar-refractivity contribution in [1.82, 2.24) is 10.3 Å². The first-order valence-corrected chi connectivity index (χ1v) is 8.58. The van der Waals surface area contributed by atoms with Gasteiger partial charge in [0.2, 0.25) is 0 Å². The van der Waals surface area contributed by atoms with Crippen LogP contribution in [0.3, 0.4) is 0 Å². The van der Waals surface area contributed by atoms with Gasteiger partial charge in [0, 0.05) is 16.3 Å². The summed E-state index contributed by atoms with van der Waals surface area (Å²) in [5.74, 6) is -1.42. The molecule has 2 amide bonds. The molecule has 0 fully saturated rings. The van der Waals surface area contributed by atoms with Crippen LogP contribution >= 0.6 is 22.9 Å². The molecule has 9 heteroatoms. The first-order valence-electron chi connectivity index (χ1n) is 7.39. The van der Waals surface area contributed by atoms with Crippen molar-refractivity contribution in [2.45, 2.75) is 25.9 Å². The maximum atomic E-state index is 11.8. The molecule has 4 N–H and O–H groups in total. The monoisotopic (exact) mass is 383 g/mol. The van der Waals surface area contributed by atoms with Crippen LogP contribution in [-0.4, -0.2) is 39.3 Å². The average Bonchev–Trinajstić information content (AvgIpc) is 2.84. The molecule has 134 valence electrons. The Balaban J connectivity index is 1.97. The van der Waals surface area contributed by atoms with Crippen LogP contribution in [0.5, 0.6) is 0 Å². The van der Waals surface area contributed by atoms with E-state index in [2.05, 4.69) is 15.6 Å². The number of amides is 2. The molecule has 2 rings (SSSR count). The number of nitrogens with zero attached hydrogens (tertiary/aromatic N) is 1. The highest BCUT2D eigenvalue weighted by molar-refractivity contribution is 7.15. The molecule has 0 radical (unpaired) electrons. The lowest BCUT2D eigenvalue weighted by molar-refractivity contribution is -0.155. The number of anilines is 1. The smallest absolute Gasteiger partial charge is 0.337 e. The van der Waals surface area contributed by atoms with Crippen molar-refractivity contribution in [2.75, 3.05) is 11.9 Å². The van der Waals surface area contributed by atoms with Gasteiger partial charge in [0.25, 0.3) is 0 Å². The summed E-state index contributed by atoms with van der Waals surface area (Å²) < 4.78 is 0. The van der Waals surface area contributed by atoms with Crippen LogP contribution in [0.1, 0.15) is 23.1 Å². The third-order valence-electron chi connectivity index (χ3n) is 3.42. The molecule has 0 saturated carbocycles. The number of carbonyl (C=O) groups excluding carboxylic acids is 1. The number of aromatic nitrogens is 1. The van der Waals surface area contributed by atoms with Crippen LogP contribution in [0.15, 0.2) is 24.3 Å². The van der Waals surface area contributed by atoms with E-state index >= 15 is 0 Å². The highest BCUT2D eigenvalue weighted by atomic mass is 35.5. The Morgan fingerprint density at radius 2 is 2.12 bits per heavy atom. The molecule has 0 spiro atoms. The molecule has 0 aliphatic carbocycles. The Labute approximate surface area is 153 Å². The highest BCUT2D eigenvalue weighted by Crippen LogP contribution is 2.26. The second-order valence-electron chi connectivity index (χ2n) is 5.72. The predicted molar refractivity (Wildman–Crippen MR) is 96.4 cm³/mol. The quantitative estimate of drug-likeness (QED) is 0.612. The van der Waals surface area contributed by atoms with Gasteiger partial charge >= 0.3 is 12.0 Å². The van der Waals surface area contributed by atoms with E-state index in [0.29, 0.717) is 16.6 Å². The minimum atomic E-state index is -2.03. The second-order valence-corrected chi connectivity index (χ2v) is 7.24. The summed E-state index contributed by atoms with van der Waals surface area (Å²) in [4.78, 5) is 27.9. The molecule has 2 aromatic rings. The van der Waals surface area contributed by atoms with Crippen LogP contribution in [0.25, 0.3) is 0 Å². The molecular formula is C16H18ClN3O4S. The maximum Gasteiger partial charge on any atom is 0.337 e. The van der Waals surface area contributed by atoms with Crippen molar-refractivity contribution in [3.63, 3.8) is 0 Å². The molecule has 1 heterocycles. The molecule has 7 nitrogen and oxygen atoms in total. The van der Waals surface area contributed by atoms with Crippen LogP contribution in [0, 0.1) is 6.92 Å². The Morgan fingerprint density at radius 3 is 2.76 bits per heavy atom. The number of urea groups is 1. The summed E-state index contributed by atoms with van der Waals surface area (Å²) in [5, 5.41) is 24.3. The number of carboxylic acids is 1. The van der Waals surface area contributed by atoms with Crippen molar-refractivity contribution in [3.05, 3.63) is 45.4 Å². The van der Waals surface area contributed by atoms with Gasteiger partial charge in [0.1, 0.15) is 0 Å². The Morgan fingerprint density at radius 1 is 1.40 bits per heavy atom. The van der Waals surface area contributed by atoms with E-state index in [0.717, 1.165) is 23.1 Å². The largest absolute Gasteiger partial charge is 0.479 e. The summed E-state index contributed by atoms with van der Waals surface area (Å²) in [6, 6.07) is 6.86. The number of nitrogens with one attached hydrogen (secondary N) is 2. The SMILES string of the molecule is Cc1nc(NC(=O)NCC(C)(O)C(=O)O)sc1Cc1cccc(Cl)c1. The fourth-order valence-electron chi connectivity index (χ4n) is 1.95. The van der Waals surface area contributed by atoms with E-state index in [1.807, 2.05) is 25.1 Å². The zero-order chi connectivity index (χ0) is 18.6. The number of carbonyl (C=O) groups is 2. The number of thiazole rings is 1. The van der Waals surface area contributed by atoms with Gasteiger partial charge in [0.15, 0.2) is 10.7 Å². The van der Waals surface area contributed by atoms with Crippen molar-refractivity contribution < 1.29 is 19.8 Å². The number of hydrogen-bond donors (Lipinski definition) is 4. The summed E-state index contributed by atoms with van der Waals surface area (Å²) in [7, 11) is 0. The highest BCUT2D eigenvalue weighted by Gasteiger charge is 2.30. The summed E-state index contributed by atoms with van der Waals surface area (Å²) in [6.45, 7) is 2.52. The number of aliphatic hydroxyl groups is 1. The van der Waals surface area contributed by atoms with Crippen molar-refractivity contribution in [2.24, 2.45) is 0 Å². The minimum absolute atomic E-state index is 0.391. The Bertz CT molecular complexity index is 791. The molecular weight excluding hydrogens is 366 g/mol. The Kier molecular flexibility index (Phi) is 5.99. The molecule has 0 aliphatic heterocycles. The van der Waals surface area contributed by atoms with E-state index < -0.39 is 24.1 Å². The first kappa shape index (κ1) is 19.2. The van der Waals surface area contributed by atoms with Gasteiger partial charge in [-0.1, -0.05) is 23.7 Å². The number of carboxylic acid groups (broad SMARTS) is 1. The number of aryl methyl sites for hydroxylation is 1. The molecule has 1 unspecified atom stereocenters. The lowest BCUT2D eigenvalue weighted by Gasteiger charge is -2.18. The molecule has 25 heavy (non-hydrogen) atoms. The van der Waals surface area contributed by atoms with Gasteiger partial charge in [-0.3, -0.25) is 5.32 Å². The number of benzene rings is 1. The standard InChI is InChI=1S/C16H18ClN3O4S/c1-9-12(7-10-4-3-5-11(17)6-10)25-15(19-9)20-14(23)18-8-16(2,24)13(21)22/h3-6,24H,7-8H2,1-2H3,(H,21,22)(H2,18,19,20,23). The summed E-state index contributed by atoms with van der Waals surface area (Å²) in [6.07, 6.45) is 0.640. The first-order chi connectivity index (χ1) is 11.7. The molecule has 0 aliphatic rings. The number of aliphatic carboxylic acids is 1. The number of hydrogen-bond acceptors (Lipinski definition) is 5. The van der Waals surface area contributed by atoms with Gasteiger partial charge < -0.3 is 15.5 Å². The predicted octanol–water partition coefficient (Wildman–Crippen LogP) is 2.65. The van der Waals surface area contributed by atoms with Crippen LogP contribution in [0.4, 0.5) is 9.93 Å². The third kappa shape index (κ3) is 5.42. The van der Waals surface area contributed by atoms with Gasteiger partial charge in [-0.15, -0.1) is 11.3 Å². The fraction of sp³-hybridized carbons (Fsp3) is 0.312. The second kappa shape index (κ2) is 7.81. The lowest BCUT2D eigenvalue weighted by Crippen LogP contribution is -2.47. The van der Waals surface area contributed by atoms with Gasteiger partial charge in [-0.2, -0.15) is 0 Å². The van der Waals surface area contributed by atoms with E-state index in [-0.39, 0.29) is 0 Å². The van der Waals surface area contributed by atoms with Gasteiger partial charge in [0.05, 0.1) is 12.2 Å². The Hall–Kier alpha value is -2.16. The third-order valence-corrected chi connectivity index (χ3v) is 4.73. The topological polar surface area (TPSA) is 112 Å². The normalized spacial score (nSPS) is 13.1. The molecule has 1 aromatic heterocycles. The fourth-order valence-corrected chi connectivity index (χ4v) is 3.15. The van der Waals surface area contributed by atoms with Crippen LogP contribution < -0.4 is 10.6 Å². The maximum absolute atomic E-state index is 11.8. The number of rotatable bonds is 6. The van der Waals surface area contributed by atoms with Crippen molar-refractivity contribution in [3.8, 4) is 0 Å². The average molecular weight is 384 g/mol. The number of halogens is 1. The van der Waals surface area contributed by atoms with Crippen LogP contribution in [0.2, 0.25) is 5.02 Å². The summed E-state index contributed by atoms with van der Waals surface area (Å²) in [5.41, 5.74) is -0.209. The zero-order valence-electron chi connectivity index (χ0n) is 13.7.